The third-order valence-electron chi connectivity index (χ3n) is 3.65. The number of hydrogen-bond acceptors (Lipinski definition) is 4. The second-order valence-corrected chi connectivity index (χ2v) is 7.14. The number of piperidine rings is 1. The number of rotatable bonds is 8. The van der Waals surface area contributed by atoms with Crippen molar-refractivity contribution in [2.24, 2.45) is 5.92 Å². The largest absolute Gasteiger partial charge is 0.362 e. The van der Waals surface area contributed by atoms with Crippen molar-refractivity contribution >= 4 is 18.5 Å². The Morgan fingerprint density at radius 3 is 2.45 bits per heavy atom. The molecule has 1 fully saturated rings. The highest BCUT2D eigenvalue weighted by molar-refractivity contribution is 7.80. The zero-order valence-electron chi connectivity index (χ0n) is 13.6. The average Bonchev–Trinajstić information content (AvgIpc) is 2.37. The van der Waals surface area contributed by atoms with Crippen molar-refractivity contribution < 1.29 is 18.3 Å². The smallest absolute Gasteiger partial charge is 0.271 e. The molecule has 0 aromatic carbocycles. The molecule has 0 saturated carbocycles. The van der Waals surface area contributed by atoms with E-state index < -0.39 is 18.0 Å². The fourth-order valence-corrected chi connectivity index (χ4v) is 2.72. The molecule has 1 saturated heterocycles. The molecular formula is C15H28F2N2O2S. The van der Waals surface area contributed by atoms with Crippen molar-refractivity contribution in [2.75, 3.05) is 26.2 Å². The first-order chi connectivity index (χ1) is 10.2. The van der Waals surface area contributed by atoms with Gasteiger partial charge in [0.05, 0.1) is 12.0 Å². The second kappa shape index (κ2) is 9.03. The van der Waals surface area contributed by atoms with Crippen LogP contribution in [0.25, 0.3) is 0 Å². The van der Waals surface area contributed by atoms with Gasteiger partial charge in [-0.2, -0.15) is 0 Å². The second-order valence-electron chi connectivity index (χ2n) is 6.41. The highest BCUT2D eigenvalue weighted by Gasteiger charge is 2.35. The Kier molecular flexibility index (Phi) is 8.07. The van der Waals surface area contributed by atoms with Crippen LogP contribution in [-0.4, -0.2) is 54.4 Å². The van der Waals surface area contributed by atoms with E-state index in [0.717, 1.165) is 0 Å². The Hall–Kier alpha value is -0.400. The van der Waals surface area contributed by atoms with Crippen molar-refractivity contribution in [2.45, 2.75) is 57.4 Å². The van der Waals surface area contributed by atoms with Gasteiger partial charge < -0.3 is 10.1 Å². The fraction of sp³-hybridized carbons (Fsp3) is 0.933. The van der Waals surface area contributed by atoms with Crippen molar-refractivity contribution in [3.8, 4) is 0 Å². The Labute approximate surface area is 137 Å². The molecule has 0 radical (unpaired) electrons. The number of carbonyl (C=O) groups is 1. The number of ether oxygens (including phenoxy) is 1. The molecule has 1 rings (SSSR count). The summed E-state index contributed by atoms with van der Waals surface area (Å²) >= 11 is 3.94. The van der Waals surface area contributed by atoms with Crippen LogP contribution < -0.4 is 5.32 Å². The van der Waals surface area contributed by atoms with E-state index in [1.54, 1.807) is 6.92 Å². The lowest BCUT2D eigenvalue weighted by Crippen LogP contribution is -2.44. The van der Waals surface area contributed by atoms with Crippen LogP contribution in [-0.2, 0) is 9.53 Å². The number of amides is 1. The van der Waals surface area contributed by atoms with E-state index in [0.29, 0.717) is 32.5 Å². The monoisotopic (exact) mass is 338 g/mol. The van der Waals surface area contributed by atoms with Gasteiger partial charge in [-0.05, 0) is 52.6 Å². The molecule has 0 aromatic rings. The maximum absolute atomic E-state index is 13.8. The van der Waals surface area contributed by atoms with E-state index in [9.17, 15) is 13.6 Å². The van der Waals surface area contributed by atoms with Gasteiger partial charge in [-0.15, -0.1) is 12.6 Å². The number of carbonyl (C=O) groups excluding carboxylic acids is 1. The molecule has 1 unspecified atom stereocenters. The molecular weight excluding hydrogens is 310 g/mol. The first-order valence-corrected chi connectivity index (χ1v) is 8.39. The molecule has 1 amide bonds. The van der Waals surface area contributed by atoms with Crippen molar-refractivity contribution in [3.05, 3.63) is 0 Å². The van der Waals surface area contributed by atoms with Crippen LogP contribution in [0.3, 0.4) is 0 Å². The number of thiol groups is 1. The molecule has 1 atom stereocenters. The molecule has 22 heavy (non-hydrogen) atoms. The molecule has 0 aliphatic carbocycles. The number of alkyl halides is 2. The quantitative estimate of drug-likeness (QED) is 0.528. The van der Waals surface area contributed by atoms with Crippen LogP contribution in [0.2, 0.25) is 0 Å². The first kappa shape index (κ1) is 19.6. The van der Waals surface area contributed by atoms with Crippen molar-refractivity contribution in [3.63, 3.8) is 0 Å². The molecule has 4 nitrogen and oxygen atoms in total. The van der Waals surface area contributed by atoms with Crippen LogP contribution in [0.5, 0.6) is 0 Å². The fourth-order valence-electron chi connectivity index (χ4n) is 2.64. The number of halogens is 2. The molecule has 1 aliphatic rings. The van der Waals surface area contributed by atoms with Gasteiger partial charge >= 0.3 is 0 Å². The van der Waals surface area contributed by atoms with Crippen molar-refractivity contribution in [1.82, 2.24) is 10.2 Å². The van der Waals surface area contributed by atoms with E-state index in [2.05, 4.69) is 17.9 Å². The minimum absolute atomic E-state index is 0.00468. The lowest BCUT2D eigenvalue weighted by molar-refractivity contribution is -0.123. The SMILES string of the molecule is CC(C)NC(=O)CN1CCC(CC(F)(F)COC(C)S)CC1. The normalized spacial score (nSPS) is 19.4. The van der Waals surface area contributed by atoms with Gasteiger partial charge in [-0.25, -0.2) is 8.78 Å². The molecule has 1 aliphatic heterocycles. The minimum Gasteiger partial charge on any atom is -0.362 e. The predicted molar refractivity (Wildman–Crippen MR) is 86.4 cm³/mol. The van der Waals surface area contributed by atoms with Gasteiger partial charge in [0.15, 0.2) is 0 Å². The van der Waals surface area contributed by atoms with Gasteiger partial charge in [0, 0.05) is 12.5 Å². The maximum Gasteiger partial charge on any atom is 0.271 e. The summed E-state index contributed by atoms with van der Waals surface area (Å²) in [5.41, 5.74) is -0.479. The molecule has 7 heteroatoms. The summed E-state index contributed by atoms with van der Waals surface area (Å²) < 4.78 is 32.5. The van der Waals surface area contributed by atoms with Crippen molar-refractivity contribution in [1.29, 1.82) is 0 Å². The maximum atomic E-state index is 13.8. The third kappa shape index (κ3) is 8.29. The lowest BCUT2D eigenvalue weighted by atomic mass is 9.91. The Balaban J connectivity index is 2.28. The molecule has 0 bridgehead atoms. The summed E-state index contributed by atoms with van der Waals surface area (Å²) in [7, 11) is 0. The summed E-state index contributed by atoms with van der Waals surface area (Å²) in [6.45, 7) is 6.61. The zero-order valence-corrected chi connectivity index (χ0v) is 14.5. The lowest BCUT2D eigenvalue weighted by Gasteiger charge is -2.33. The Bertz CT molecular complexity index is 346. The van der Waals surface area contributed by atoms with Crippen LogP contribution in [0, 0.1) is 5.92 Å². The average molecular weight is 338 g/mol. The highest BCUT2D eigenvalue weighted by atomic mass is 32.1. The summed E-state index contributed by atoms with van der Waals surface area (Å²) in [5, 5.41) is 2.84. The first-order valence-electron chi connectivity index (χ1n) is 7.87. The third-order valence-corrected chi connectivity index (χ3v) is 3.80. The molecule has 1 heterocycles. The van der Waals surface area contributed by atoms with E-state index in [1.165, 1.54) is 0 Å². The van der Waals surface area contributed by atoms with E-state index in [1.807, 2.05) is 18.7 Å². The molecule has 1 N–H and O–H groups in total. The predicted octanol–water partition coefficient (Wildman–Crippen LogP) is 2.54. The Morgan fingerprint density at radius 2 is 1.95 bits per heavy atom. The molecule has 130 valence electrons. The summed E-state index contributed by atoms with van der Waals surface area (Å²) in [4.78, 5) is 13.7. The van der Waals surface area contributed by atoms with E-state index >= 15 is 0 Å². The van der Waals surface area contributed by atoms with Crippen LogP contribution in [0.1, 0.15) is 40.0 Å². The van der Waals surface area contributed by atoms with Gasteiger partial charge in [0.1, 0.15) is 6.61 Å². The van der Waals surface area contributed by atoms with Crippen LogP contribution in [0.4, 0.5) is 8.78 Å². The van der Waals surface area contributed by atoms with E-state index in [4.69, 9.17) is 4.74 Å². The standard InChI is InChI=1S/C15H28F2N2O2S/c1-11(2)18-14(20)9-19-6-4-13(5-7-19)8-15(16,17)10-21-12(3)22/h11-13,22H,4-10H2,1-3H3,(H,18,20). The number of likely N-dealkylation sites (tertiary alicyclic amines) is 1. The number of hydrogen-bond donors (Lipinski definition) is 2. The van der Waals surface area contributed by atoms with Gasteiger partial charge in [-0.1, -0.05) is 0 Å². The van der Waals surface area contributed by atoms with E-state index in [-0.39, 0.29) is 24.3 Å². The highest BCUT2D eigenvalue weighted by Crippen LogP contribution is 2.30. The molecule has 0 spiro atoms. The molecule has 0 aromatic heterocycles. The van der Waals surface area contributed by atoms with Crippen LogP contribution >= 0.6 is 12.6 Å². The summed E-state index contributed by atoms with van der Waals surface area (Å²) in [6.07, 6.45) is 1.24. The zero-order chi connectivity index (χ0) is 16.8. The van der Waals surface area contributed by atoms with Gasteiger partial charge in [0.2, 0.25) is 5.91 Å². The van der Waals surface area contributed by atoms with Gasteiger partial charge in [-0.3, -0.25) is 9.69 Å². The minimum atomic E-state index is -2.81. The number of nitrogens with zero attached hydrogens (tertiary/aromatic N) is 1. The number of nitrogens with one attached hydrogen (secondary N) is 1. The van der Waals surface area contributed by atoms with Crippen LogP contribution in [0.15, 0.2) is 0 Å². The summed E-state index contributed by atoms with van der Waals surface area (Å²) in [6, 6.07) is 0.123. The topological polar surface area (TPSA) is 41.6 Å². The van der Waals surface area contributed by atoms with Gasteiger partial charge in [0.25, 0.3) is 5.92 Å². The Morgan fingerprint density at radius 1 is 1.36 bits per heavy atom. The summed E-state index contributed by atoms with van der Waals surface area (Å²) in [5.74, 6) is -2.83.